The number of aromatic hydroxyl groups is 1. The monoisotopic (exact) mass is 275 g/mol. The van der Waals surface area contributed by atoms with Crippen molar-refractivity contribution in [3.05, 3.63) is 29.8 Å². The van der Waals surface area contributed by atoms with E-state index in [1.165, 1.54) is 37.8 Å². The van der Waals surface area contributed by atoms with Crippen LogP contribution in [0.25, 0.3) is 0 Å². The molecule has 1 aromatic carbocycles. The van der Waals surface area contributed by atoms with Crippen molar-refractivity contribution in [2.75, 3.05) is 6.54 Å². The van der Waals surface area contributed by atoms with Crippen molar-refractivity contribution in [1.29, 1.82) is 0 Å². The number of phenols is 1. The number of hydrogen-bond donors (Lipinski definition) is 2. The van der Waals surface area contributed by atoms with E-state index in [4.69, 9.17) is 0 Å². The summed E-state index contributed by atoms with van der Waals surface area (Å²) in [6, 6.07) is 8.16. The largest absolute Gasteiger partial charge is 0.508 e. The molecule has 1 atom stereocenters. The van der Waals surface area contributed by atoms with Gasteiger partial charge in [-0.05, 0) is 68.7 Å². The van der Waals surface area contributed by atoms with Gasteiger partial charge in [-0.1, -0.05) is 31.9 Å². The van der Waals surface area contributed by atoms with Gasteiger partial charge in [0.15, 0.2) is 0 Å². The summed E-state index contributed by atoms with van der Waals surface area (Å²) in [7, 11) is 0. The average molecular weight is 275 g/mol. The Bertz CT molecular complexity index is 379. The van der Waals surface area contributed by atoms with Crippen LogP contribution in [0.4, 0.5) is 0 Å². The highest BCUT2D eigenvalue weighted by Gasteiger charge is 2.18. The Labute approximate surface area is 123 Å². The van der Waals surface area contributed by atoms with Crippen molar-refractivity contribution in [3.8, 4) is 5.75 Å². The van der Waals surface area contributed by atoms with Gasteiger partial charge in [0.2, 0.25) is 0 Å². The zero-order valence-corrected chi connectivity index (χ0v) is 12.9. The second kappa shape index (κ2) is 7.68. The number of benzene rings is 1. The van der Waals surface area contributed by atoms with Gasteiger partial charge >= 0.3 is 0 Å². The summed E-state index contributed by atoms with van der Waals surface area (Å²) in [6.45, 7) is 5.85. The third-order valence-corrected chi connectivity index (χ3v) is 4.69. The van der Waals surface area contributed by atoms with Crippen LogP contribution in [0.1, 0.15) is 51.5 Å². The molecule has 20 heavy (non-hydrogen) atoms. The Morgan fingerprint density at radius 2 is 1.80 bits per heavy atom. The smallest absolute Gasteiger partial charge is 0.115 e. The third kappa shape index (κ3) is 5.16. The summed E-state index contributed by atoms with van der Waals surface area (Å²) >= 11 is 0. The van der Waals surface area contributed by atoms with Crippen molar-refractivity contribution in [2.24, 2.45) is 11.8 Å². The molecule has 1 unspecified atom stereocenters. The van der Waals surface area contributed by atoms with Gasteiger partial charge in [0.1, 0.15) is 5.75 Å². The van der Waals surface area contributed by atoms with E-state index >= 15 is 0 Å². The van der Waals surface area contributed by atoms with Crippen LogP contribution in [0.5, 0.6) is 5.75 Å². The molecule has 0 aliphatic heterocycles. The highest BCUT2D eigenvalue weighted by molar-refractivity contribution is 5.25. The molecule has 1 aliphatic rings. The van der Waals surface area contributed by atoms with Crippen LogP contribution in [0.3, 0.4) is 0 Å². The lowest BCUT2D eigenvalue weighted by Crippen LogP contribution is -2.33. The second-order valence-electron chi connectivity index (χ2n) is 6.64. The van der Waals surface area contributed by atoms with Crippen molar-refractivity contribution in [1.82, 2.24) is 5.32 Å². The van der Waals surface area contributed by atoms with Crippen LogP contribution >= 0.6 is 0 Å². The van der Waals surface area contributed by atoms with Gasteiger partial charge in [-0.15, -0.1) is 0 Å². The summed E-state index contributed by atoms with van der Waals surface area (Å²) < 4.78 is 0. The number of rotatable bonds is 6. The van der Waals surface area contributed by atoms with Crippen molar-refractivity contribution in [2.45, 2.75) is 58.4 Å². The summed E-state index contributed by atoms with van der Waals surface area (Å²) in [5.41, 5.74) is 1.31. The summed E-state index contributed by atoms with van der Waals surface area (Å²) in [4.78, 5) is 0. The van der Waals surface area contributed by atoms with Crippen molar-refractivity contribution in [3.63, 3.8) is 0 Å². The molecule has 0 aromatic heterocycles. The maximum atomic E-state index is 9.27. The first-order chi connectivity index (χ1) is 9.63. The van der Waals surface area contributed by atoms with Gasteiger partial charge in [0.25, 0.3) is 0 Å². The molecule has 2 rings (SSSR count). The molecule has 1 aliphatic carbocycles. The molecule has 0 spiro atoms. The molecule has 0 bridgehead atoms. The van der Waals surface area contributed by atoms with Crippen LogP contribution < -0.4 is 5.32 Å². The minimum atomic E-state index is 0.353. The molecule has 0 saturated heterocycles. The first-order valence-electron chi connectivity index (χ1n) is 8.14. The number of nitrogens with one attached hydrogen (secondary N) is 1. The van der Waals surface area contributed by atoms with E-state index in [-0.39, 0.29) is 0 Å². The van der Waals surface area contributed by atoms with Crippen molar-refractivity contribution < 1.29 is 5.11 Å². The highest BCUT2D eigenvalue weighted by atomic mass is 16.3. The Balaban J connectivity index is 1.62. The van der Waals surface area contributed by atoms with Gasteiger partial charge in [-0.25, -0.2) is 0 Å². The molecule has 0 amide bonds. The molecule has 2 nitrogen and oxygen atoms in total. The molecule has 2 N–H and O–H groups in total. The van der Waals surface area contributed by atoms with E-state index in [1.807, 2.05) is 12.1 Å². The molecule has 1 aromatic rings. The predicted octanol–water partition coefficient (Wildman–Crippen LogP) is 4.13. The van der Waals surface area contributed by atoms with Crippen LogP contribution in [0.15, 0.2) is 24.3 Å². The van der Waals surface area contributed by atoms with Gasteiger partial charge < -0.3 is 10.4 Å². The average Bonchev–Trinajstić information content (AvgIpc) is 2.46. The number of aryl methyl sites for hydroxylation is 1. The number of phenolic OH excluding ortho intramolecular Hbond substituents is 1. The second-order valence-corrected chi connectivity index (χ2v) is 6.64. The molecule has 1 fully saturated rings. The zero-order chi connectivity index (χ0) is 14.4. The maximum Gasteiger partial charge on any atom is 0.115 e. The molecule has 1 saturated carbocycles. The fraction of sp³-hybridized carbons (Fsp3) is 0.667. The Morgan fingerprint density at radius 3 is 2.45 bits per heavy atom. The Kier molecular flexibility index (Phi) is 5.90. The van der Waals surface area contributed by atoms with E-state index in [2.05, 4.69) is 19.2 Å². The van der Waals surface area contributed by atoms with Crippen LogP contribution in [-0.4, -0.2) is 17.7 Å². The molecular formula is C18H29NO. The van der Waals surface area contributed by atoms with Crippen LogP contribution in [0.2, 0.25) is 0 Å². The minimum absolute atomic E-state index is 0.353. The SMILES string of the molecule is CC1CCC(CNC(C)CCc2ccc(O)cc2)CC1. The lowest BCUT2D eigenvalue weighted by molar-refractivity contribution is 0.274. The number of hydrogen-bond acceptors (Lipinski definition) is 2. The lowest BCUT2D eigenvalue weighted by Gasteiger charge is -2.27. The van der Waals surface area contributed by atoms with E-state index in [9.17, 15) is 5.11 Å². The van der Waals surface area contributed by atoms with Crippen LogP contribution in [0, 0.1) is 11.8 Å². The fourth-order valence-electron chi connectivity index (χ4n) is 3.05. The van der Waals surface area contributed by atoms with E-state index in [0.29, 0.717) is 11.8 Å². The third-order valence-electron chi connectivity index (χ3n) is 4.69. The lowest BCUT2D eigenvalue weighted by atomic mass is 9.83. The fourth-order valence-corrected chi connectivity index (χ4v) is 3.05. The molecule has 0 radical (unpaired) electrons. The van der Waals surface area contributed by atoms with Gasteiger partial charge in [0, 0.05) is 6.04 Å². The first kappa shape index (κ1) is 15.4. The Hall–Kier alpha value is -1.02. The van der Waals surface area contributed by atoms with E-state index in [0.717, 1.165) is 24.7 Å². The molecule has 2 heteroatoms. The first-order valence-corrected chi connectivity index (χ1v) is 8.14. The van der Waals surface area contributed by atoms with Gasteiger partial charge in [-0.3, -0.25) is 0 Å². The van der Waals surface area contributed by atoms with Crippen molar-refractivity contribution >= 4 is 0 Å². The molecular weight excluding hydrogens is 246 g/mol. The highest BCUT2D eigenvalue weighted by Crippen LogP contribution is 2.27. The topological polar surface area (TPSA) is 32.3 Å². The van der Waals surface area contributed by atoms with Gasteiger partial charge in [0.05, 0.1) is 0 Å². The summed E-state index contributed by atoms with van der Waals surface area (Å²) in [5, 5.41) is 13.0. The van der Waals surface area contributed by atoms with Crippen LogP contribution in [-0.2, 0) is 6.42 Å². The standard InChI is InChI=1S/C18H29NO/c1-14-3-6-17(7-4-14)13-19-15(2)5-8-16-9-11-18(20)12-10-16/h9-12,14-15,17,19-20H,3-8,13H2,1-2H3. The normalized spacial score (nSPS) is 24.5. The molecule has 0 heterocycles. The summed E-state index contributed by atoms with van der Waals surface area (Å²) in [5.74, 6) is 2.19. The van der Waals surface area contributed by atoms with E-state index in [1.54, 1.807) is 12.1 Å². The molecule has 112 valence electrons. The quantitative estimate of drug-likeness (QED) is 0.818. The summed E-state index contributed by atoms with van der Waals surface area (Å²) in [6.07, 6.45) is 7.87. The van der Waals surface area contributed by atoms with E-state index < -0.39 is 0 Å². The van der Waals surface area contributed by atoms with Gasteiger partial charge in [-0.2, -0.15) is 0 Å². The maximum absolute atomic E-state index is 9.27. The minimum Gasteiger partial charge on any atom is -0.508 e. The predicted molar refractivity (Wildman–Crippen MR) is 85.0 cm³/mol. The zero-order valence-electron chi connectivity index (χ0n) is 12.9. The Morgan fingerprint density at radius 1 is 1.15 bits per heavy atom.